The van der Waals surface area contributed by atoms with Gasteiger partial charge in [0.15, 0.2) is 0 Å². The summed E-state index contributed by atoms with van der Waals surface area (Å²) in [5.74, 6) is 0. The second-order valence-electron chi connectivity index (χ2n) is 5.90. The summed E-state index contributed by atoms with van der Waals surface area (Å²) in [6.07, 6.45) is 4.92. The van der Waals surface area contributed by atoms with E-state index in [2.05, 4.69) is 29.9 Å². The van der Waals surface area contributed by atoms with Crippen LogP contribution < -0.4 is 5.32 Å². The molecular weight excluding hydrogens is 254 g/mol. The quantitative estimate of drug-likeness (QED) is 0.437. The van der Waals surface area contributed by atoms with Crippen molar-refractivity contribution < 1.29 is 4.74 Å². The lowest BCUT2D eigenvalue weighted by Gasteiger charge is -2.17. The van der Waals surface area contributed by atoms with Gasteiger partial charge in [-0.3, -0.25) is 4.98 Å². The van der Waals surface area contributed by atoms with Crippen molar-refractivity contribution in [2.24, 2.45) is 0 Å². The maximum Gasteiger partial charge on any atom is 0.0727 e. The summed E-state index contributed by atoms with van der Waals surface area (Å²) in [5, 5.41) is 10.6. The molecule has 1 aromatic rings. The van der Waals surface area contributed by atoms with Crippen LogP contribution in [0.25, 0.3) is 0 Å². The van der Waals surface area contributed by atoms with Crippen molar-refractivity contribution >= 4 is 14.3 Å². The van der Waals surface area contributed by atoms with Crippen molar-refractivity contribution in [1.82, 2.24) is 10.3 Å². The molecule has 0 unspecified atom stereocenters. The molecule has 0 saturated heterocycles. The molecule has 0 saturated carbocycles. The van der Waals surface area contributed by atoms with Crippen molar-refractivity contribution in [3.63, 3.8) is 0 Å². The number of aromatic nitrogens is 1. The number of hydrogen-bond donors (Lipinski definition) is 2. The van der Waals surface area contributed by atoms with Gasteiger partial charge in [0.1, 0.15) is 0 Å². The molecule has 0 aromatic carbocycles. The fraction of sp³-hybridized carbons (Fsp3) is 0.571. The van der Waals surface area contributed by atoms with Gasteiger partial charge in [0.25, 0.3) is 0 Å². The molecule has 0 aliphatic carbocycles. The zero-order valence-corrected chi connectivity index (χ0v) is 13.4. The van der Waals surface area contributed by atoms with Crippen molar-refractivity contribution in [2.45, 2.75) is 38.8 Å². The fourth-order valence-corrected chi connectivity index (χ4v) is 2.50. The Morgan fingerprint density at radius 1 is 1.37 bits per heavy atom. The summed E-state index contributed by atoms with van der Waals surface area (Å²) in [4.78, 5) is 4.16. The molecular formula is C14H25N3OSi. The van der Waals surface area contributed by atoms with Crippen molar-refractivity contribution in [3.05, 3.63) is 29.1 Å². The minimum absolute atomic E-state index is 0.564. The highest BCUT2D eigenvalue weighted by Crippen LogP contribution is 2.15. The number of nitrogens with one attached hydrogen (secondary N) is 2. The zero-order valence-electron chi connectivity index (χ0n) is 12.4. The monoisotopic (exact) mass is 279 g/mol. The molecule has 0 atom stereocenters. The Kier molecular flexibility index (Phi) is 6.34. The Morgan fingerprint density at radius 3 is 2.68 bits per heavy atom. The average Bonchev–Trinajstić information content (AvgIpc) is 2.35. The van der Waals surface area contributed by atoms with Crippen LogP contribution in [-0.4, -0.2) is 32.9 Å². The first kappa shape index (κ1) is 16.0. The molecule has 0 spiro atoms. The van der Waals surface area contributed by atoms with Crippen LogP contribution in [0.5, 0.6) is 0 Å². The third-order valence-corrected chi connectivity index (χ3v) is 4.65. The molecule has 1 aromatic heterocycles. The largest absolute Gasteiger partial charge is 0.377 e. The molecule has 19 heavy (non-hydrogen) atoms. The third-order valence-electron chi connectivity index (χ3n) is 2.95. The molecule has 0 aliphatic rings. The first-order valence-electron chi connectivity index (χ1n) is 6.66. The van der Waals surface area contributed by atoms with E-state index in [0.717, 1.165) is 29.8 Å². The number of nitrogens with zero attached hydrogens (tertiary/aromatic N) is 1. The molecule has 1 heterocycles. The molecule has 0 bridgehead atoms. The standard InChI is InChI=1S/C14H25N3OSi/c1-16-8-13-10-17-9-12(7-15)14(13)11-18-5-6-19(2,3)4/h7,9-10,15-16H,5-6,8,11H2,1-4H3. The maximum atomic E-state index is 7.46. The number of hydrogen-bond acceptors (Lipinski definition) is 4. The Balaban J connectivity index is 2.67. The summed E-state index contributed by atoms with van der Waals surface area (Å²) in [6, 6.07) is 1.17. The third kappa shape index (κ3) is 5.63. The van der Waals surface area contributed by atoms with E-state index < -0.39 is 8.07 Å². The summed E-state index contributed by atoms with van der Waals surface area (Å²) >= 11 is 0. The van der Waals surface area contributed by atoms with Crippen LogP contribution >= 0.6 is 0 Å². The molecule has 1 rings (SSSR count). The van der Waals surface area contributed by atoms with Gasteiger partial charge >= 0.3 is 0 Å². The Bertz CT molecular complexity index is 416. The Labute approximate surface area is 117 Å². The first-order chi connectivity index (χ1) is 8.98. The molecule has 4 nitrogen and oxygen atoms in total. The topological polar surface area (TPSA) is 58.0 Å². The summed E-state index contributed by atoms with van der Waals surface area (Å²) in [5.41, 5.74) is 3.03. The molecule has 106 valence electrons. The van der Waals surface area contributed by atoms with Gasteiger partial charge in [-0.05, 0) is 24.2 Å². The molecule has 0 amide bonds. The average molecular weight is 279 g/mol. The minimum Gasteiger partial charge on any atom is -0.377 e. The number of rotatable bonds is 8. The lowest BCUT2D eigenvalue weighted by molar-refractivity contribution is 0.132. The van der Waals surface area contributed by atoms with E-state index in [1.165, 1.54) is 12.3 Å². The SMILES string of the molecule is CNCc1cncc(C=N)c1COCC[Si](C)(C)C. The van der Waals surface area contributed by atoms with Gasteiger partial charge in [0.05, 0.1) is 6.61 Å². The van der Waals surface area contributed by atoms with E-state index in [1.54, 1.807) is 6.20 Å². The zero-order chi connectivity index (χ0) is 14.3. The normalized spacial score (nSPS) is 11.6. The summed E-state index contributed by atoms with van der Waals surface area (Å²) in [7, 11) is 0.869. The van der Waals surface area contributed by atoms with E-state index in [-0.39, 0.29) is 0 Å². The second-order valence-corrected chi connectivity index (χ2v) is 11.5. The summed E-state index contributed by atoms with van der Waals surface area (Å²) in [6.45, 7) is 9.15. The molecule has 2 N–H and O–H groups in total. The second kappa shape index (κ2) is 7.52. The molecule has 0 radical (unpaired) electrons. The highest BCUT2D eigenvalue weighted by Gasteiger charge is 2.13. The fourth-order valence-electron chi connectivity index (χ4n) is 1.74. The molecule has 5 heteroatoms. The highest BCUT2D eigenvalue weighted by molar-refractivity contribution is 6.76. The van der Waals surface area contributed by atoms with Crippen molar-refractivity contribution in [2.75, 3.05) is 13.7 Å². The van der Waals surface area contributed by atoms with Gasteiger partial charge in [0.2, 0.25) is 0 Å². The number of ether oxygens (including phenoxy) is 1. The van der Waals surface area contributed by atoms with Crippen LogP contribution in [-0.2, 0) is 17.9 Å². The van der Waals surface area contributed by atoms with Gasteiger partial charge in [-0.1, -0.05) is 19.6 Å². The Hall–Kier alpha value is -1.04. The predicted octanol–water partition coefficient (Wildman–Crippen LogP) is 2.65. The van der Waals surface area contributed by atoms with Gasteiger partial charge in [-0.2, -0.15) is 0 Å². The van der Waals surface area contributed by atoms with Crippen LogP contribution in [0.3, 0.4) is 0 Å². The van der Waals surface area contributed by atoms with Gasteiger partial charge in [0, 0.05) is 45.4 Å². The van der Waals surface area contributed by atoms with Crippen LogP contribution in [0.2, 0.25) is 25.7 Å². The summed E-state index contributed by atoms with van der Waals surface area (Å²) < 4.78 is 5.80. The predicted molar refractivity (Wildman–Crippen MR) is 82.7 cm³/mol. The minimum atomic E-state index is -1.04. The van der Waals surface area contributed by atoms with Crippen LogP contribution in [0.15, 0.2) is 12.4 Å². The van der Waals surface area contributed by atoms with Crippen LogP contribution in [0.1, 0.15) is 16.7 Å². The molecule has 0 aliphatic heterocycles. The first-order valence-corrected chi connectivity index (χ1v) is 10.4. The van der Waals surface area contributed by atoms with E-state index in [1.807, 2.05) is 13.2 Å². The van der Waals surface area contributed by atoms with E-state index in [9.17, 15) is 0 Å². The smallest absolute Gasteiger partial charge is 0.0727 e. The van der Waals surface area contributed by atoms with Gasteiger partial charge < -0.3 is 15.5 Å². The Morgan fingerprint density at radius 2 is 2.11 bits per heavy atom. The van der Waals surface area contributed by atoms with Crippen molar-refractivity contribution in [3.8, 4) is 0 Å². The molecule has 0 fully saturated rings. The van der Waals surface area contributed by atoms with E-state index in [0.29, 0.717) is 6.61 Å². The lowest BCUT2D eigenvalue weighted by atomic mass is 10.1. The van der Waals surface area contributed by atoms with Gasteiger partial charge in [-0.15, -0.1) is 0 Å². The highest BCUT2D eigenvalue weighted by atomic mass is 28.3. The van der Waals surface area contributed by atoms with Crippen LogP contribution in [0, 0.1) is 5.41 Å². The number of pyridine rings is 1. The van der Waals surface area contributed by atoms with Gasteiger partial charge in [-0.25, -0.2) is 0 Å². The van der Waals surface area contributed by atoms with Crippen molar-refractivity contribution in [1.29, 1.82) is 5.41 Å². The van der Waals surface area contributed by atoms with E-state index >= 15 is 0 Å². The lowest BCUT2D eigenvalue weighted by Crippen LogP contribution is -2.21. The van der Waals surface area contributed by atoms with Crippen LogP contribution in [0.4, 0.5) is 0 Å². The van der Waals surface area contributed by atoms with E-state index in [4.69, 9.17) is 10.1 Å². The maximum absolute atomic E-state index is 7.46.